The van der Waals surface area contributed by atoms with E-state index in [-0.39, 0.29) is 0 Å². The van der Waals surface area contributed by atoms with Gasteiger partial charge < -0.3 is 5.32 Å². The van der Waals surface area contributed by atoms with Crippen molar-refractivity contribution in [1.29, 1.82) is 0 Å². The van der Waals surface area contributed by atoms with Gasteiger partial charge in [0, 0.05) is 37.1 Å². The van der Waals surface area contributed by atoms with Crippen molar-refractivity contribution in [2.24, 2.45) is 0 Å². The summed E-state index contributed by atoms with van der Waals surface area (Å²) < 4.78 is 0. The van der Waals surface area contributed by atoms with Crippen LogP contribution in [0.4, 0.5) is 0 Å². The van der Waals surface area contributed by atoms with Gasteiger partial charge in [-0.3, -0.25) is 4.98 Å². The molecule has 0 bridgehead atoms. The first-order chi connectivity index (χ1) is 7.90. The van der Waals surface area contributed by atoms with Gasteiger partial charge in [0.25, 0.3) is 0 Å². The Bertz CT molecular complexity index is 442. The van der Waals surface area contributed by atoms with E-state index in [4.69, 9.17) is 0 Å². The van der Waals surface area contributed by atoms with Gasteiger partial charge in [0.1, 0.15) is 5.82 Å². The van der Waals surface area contributed by atoms with E-state index in [0.29, 0.717) is 0 Å². The normalized spacial score (nSPS) is 10.3. The van der Waals surface area contributed by atoms with Crippen LogP contribution in [-0.2, 0) is 6.42 Å². The molecule has 0 spiro atoms. The molecule has 1 N–H and O–H groups in total. The minimum Gasteiger partial charge on any atom is -0.319 e. The second kappa shape index (κ2) is 5.32. The van der Waals surface area contributed by atoms with Crippen LogP contribution < -0.4 is 5.32 Å². The maximum absolute atomic E-state index is 4.49. The average molecular weight is 214 g/mol. The predicted molar refractivity (Wildman–Crippen MR) is 62.9 cm³/mol. The van der Waals surface area contributed by atoms with Gasteiger partial charge in [-0.05, 0) is 25.2 Å². The Morgan fingerprint density at radius 1 is 1.25 bits per heavy atom. The van der Waals surface area contributed by atoms with Crippen molar-refractivity contribution in [2.75, 3.05) is 13.6 Å². The zero-order chi connectivity index (χ0) is 11.2. The molecule has 0 aliphatic rings. The number of hydrogen-bond acceptors (Lipinski definition) is 4. The Balaban J connectivity index is 2.22. The fourth-order valence-corrected chi connectivity index (χ4v) is 1.43. The third kappa shape index (κ3) is 2.61. The van der Waals surface area contributed by atoms with Gasteiger partial charge >= 0.3 is 0 Å². The Hall–Kier alpha value is -1.81. The number of nitrogens with zero attached hydrogens (tertiary/aromatic N) is 3. The highest BCUT2D eigenvalue weighted by Gasteiger charge is 2.01. The summed E-state index contributed by atoms with van der Waals surface area (Å²) >= 11 is 0. The summed E-state index contributed by atoms with van der Waals surface area (Å²) in [5.41, 5.74) is 1.95. The molecule has 0 atom stereocenters. The number of nitrogens with one attached hydrogen (secondary N) is 1. The molecule has 2 heterocycles. The van der Waals surface area contributed by atoms with Gasteiger partial charge in [-0.2, -0.15) is 0 Å². The molecule has 2 aromatic rings. The summed E-state index contributed by atoms with van der Waals surface area (Å²) in [5.74, 6) is 0.857. The van der Waals surface area contributed by atoms with E-state index >= 15 is 0 Å². The van der Waals surface area contributed by atoms with Crippen molar-refractivity contribution in [3.63, 3.8) is 0 Å². The van der Waals surface area contributed by atoms with E-state index in [0.717, 1.165) is 30.0 Å². The SMILES string of the molecule is CNCCc1nccc(-c2cccnc2)n1. The summed E-state index contributed by atoms with van der Waals surface area (Å²) in [6, 6.07) is 5.81. The van der Waals surface area contributed by atoms with E-state index < -0.39 is 0 Å². The largest absolute Gasteiger partial charge is 0.319 e. The van der Waals surface area contributed by atoms with Crippen LogP contribution in [0.5, 0.6) is 0 Å². The van der Waals surface area contributed by atoms with Gasteiger partial charge in [0.2, 0.25) is 0 Å². The van der Waals surface area contributed by atoms with E-state index in [1.54, 1.807) is 12.4 Å². The molecule has 0 unspecified atom stereocenters. The number of likely N-dealkylation sites (N-methyl/N-ethyl adjacent to an activating group) is 1. The number of rotatable bonds is 4. The highest BCUT2D eigenvalue weighted by atomic mass is 14.9. The molecular weight excluding hydrogens is 200 g/mol. The molecule has 0 aliphatic heterocycles. The quantitative estimate of drug-likeness (QED) is 0.833. The topological polar surface area (TPSA) is 50.7 Å². The summed E-state index contributed by atoms with van der Waals surface area (Å²) in [5, 5.41) is 3.08. The molecule has 2 aromatic heterocycles. The van der Waals surface area contributed by atoms with Crippen molar-refractivity contribution >= 4 is 0 Å². The number of pyridine rings is 1. The van der Waals surface area contributed by atoms with E-state index in [1.165, 1.54) is 0 Å². The highest BCUT2D eigenvalue weighted by molar-refractivity contribution is 5.56. The lowest BCUT2D eigenvalue weighted by atomic mass is 10.2. The number of aromatic nitrogens is 3. The van der Waals surface area contributed by atoms with Gasteiger partial charge in [-0.15, -0.1) is 0 Å². The van der Waals surface area contributed by atoms with Crippen LogP contribution >= 0.6 is 0 Å². The first-order valence-electron chi connectivity index (χ1n) is 5.27. The minimum absolute atomic E-state index is 0.838. The third-order valence-electron chi connectivity index (χ3n) is 2.26. The van der Waals surface area contributed by atoms with Crippen molar-refractivity contribution in [2.45, 2.75) is 6.42 Å². The molecule has 0 radical (unpaired) electrons. The first-order valence-corrected chi connectivity index (χ1v) is 5.27. The molecule has 0 amide bonds. The van der Waals surface area contributed by atoms with Gasteiger partial charge in [0.15, 0.2) is 0 Å². The molecule has 2 rings (SSSR count). The molecule has 16 heavy (non-hydrogen) atoms. The van der Waals surface area contributed by atoms with Crippen LogP contribution in [0.25, 0.3) is 11.3 Å². The van der Waals surface area contributed by atoms with Gasteiger partial charge in [-0.1, -0.05) is 0 Å². The molecule has 4 nitrogen and oxygen atoms in total. The molecule has 0 saturated carbocycles. The zero-order valence-corrected chi connectivity index (χ0v) is 9.22. The number of hydrogen-bond donors (Lipinski definition) is 1. The Labute approximate surface area is 94.8 Å². The summed E-state index contributed by atoms with van der Waals surface area (Å²) in [7, 11) is 1.92. The molecule has 0 aliphatic carbocycles. The highest BCUT2D eigenvalue weighted by Crippen LogP contribution is 2.14. The Morgan fingerprint density at radius 2 is 2.19 bits per heavy atom. The molecule has 4 heteroatoms. The minimum atomic E-state index is 0.838. The lowest BCUT2D eigenvalue weighted by Crippen LogP contribution is -2.12. The second-order valence-electron chi connectivity index (χ2n) is 3.45. The van der Waals surface area contributed by atoms with Gasteiger partial charge in [0.05, 0.1) is 5.69 Å². The monoisotopic (exact) mass is 214 g/mol. The fraction of sp³-hybridized carbons (Fsp3) is 0.250. The summed E-state index contributed by atoms with van der Waals surface area (Å²) in [4.78, 5) is 12.8. The Kier molecular flexibility index (Phi) is 3.56. The molecule has 82 valence electrons. The summed E-state index contributed by atoms with van der Waals surface area (Å²) in [6.45, 7) is 0.885. The standard InChI is InChI=1S/C12H14N4/c1-13-7-5-12-15-8-4-11(16-12)10-3-2-6-14-9-10/h2-4,6,8-9,13H,5,7H2,1H3. The fourth-order valence-electron chi connectivity index (χ4n) is 1.43. The van der Waals surface area contributed by atoms with Crippen molar-refractivity contribution < 1.29 is 0 Å². The van der Waals surface area contributed by atoms with E-state index in [9.17, 15) is 0 Å². The maximum Gasteiger partial charge on any atom is 0.130 e. The second-order valence-corrected chi connectivity index (χ2v) is 3.45. The molecular formula is C12H14N4. The van der Waals surface area contributed by atoms with Crippen LogP contribution in [0.1, 0.15) is 5.82 Å². The molecule has 0 fully saturated rings. The van der Waals surface area contributed by atoms with Crippen LogP contribution in [0, 0.1) is 0 Å². The summed E-state index contributed by atoms with van der Waals surface area (Å²) in [6.07, 6.45) is 6.20. The van der Waals surface area contributed by atoms with Crippen LogP contribution in [0.3, 0.4) is 0 Å². The van der Waals surface area contributed by atoms with Crippen LogP contribution in [0.15, 0.2) is 36.8 Å². The zero-order valence-electron chi connectivity index (χ0n) is 9.22. The van der Waals surface area contributed by atoms with Gasteiger partial charge in [-0.25, -0.2) is 9.97 Å². The lowest BCUT2D eigenvalue weighted by molar-refractivity contribution is 0.756. The van der Waals surface area contributed by atoms with Crippen molar-refractivity contribution in [3.8, 4) is 11.3 Å². The predicted octanol–water partition coefficient (Wildman–Crippen LogP) is 1.30. The van der Waals surface area contributed by atoms with Crippen molar-refractivity contribution in [3.05, 3.63) is 42.6 Å². The smallest absolute Gasteiger partial charge is 0.130 e. The molecule has 0 saturated heterocycles. The van der Waals surface area contributed by atoms with E-state index in [1.807, 2.05) is 31.4 Å². The lowest BCUT2D eigenvalue weighted by Gasteiger charge is -2.03. The Morgan fingerprint density at radius 3 is 2.94 bits per heavy atom. The van der Waals surface area contributed by atoms with Crippen molar-refractivity contribution in [1.82, 2.24) is 20.3 Å². The van der Waals surface area contributed by atoms with E-state index in [2.05, 4.69) is 20.3 Å². The van der Waals surface area contributed by atoms with Crippen LogP contribution in [-0.4, -0.2) is 28.5 Å². The molecule has 0 aromatic carbocycles. The van der Waals surface area contributed by atoms with Crippen LogP contribution in [0.2, 0.25) is 0 Å². The first kappa shape index (κ1) is 10.7. The average Bonchev–Trinajstić information content (AvgIpc) is 2.38. The maximum atomic E-state index is 4.49. The third-order valence-corrected chi connectivity index (χ3v) is 2.26.